The zero-order chi connectivity index (χ0) is 11.5. The van der Waals surface area contributed by atoms with Crippen molar-refractivity contribution in [3.63, 3.8) is 0 Å². The standard InChI is InChI=1S/C11H13NO3S/c1-15-11(14)8-5-6-9(16-8)12-10(13)7-3-2-4-7/h5-7H,2-4H2,1H3,(H,12,13). The molecule has 1 aromatic rings. The molecule has 0 aromatic carbocycles. The van der Waals surface area contributed by atoms with Crippen molar-refractivity contribution in [2.75, 3.05) is 12.4 Å². The molecule has 0 aliphatic heterocycles. The van der Waals surface area contributed by atoms with E-state index in [4.69, 9.17) is 0 Å². The fourth-order valence-electron chi connectivity index (χ4n) is 1.51. The lowest BCUT2D eigenvalue weighted by atomic mass is 9.85. The minimum Gasteiger partial charge on any atom is -0.465 e. The first-order valence-corrected chi connectivity index (χ1v) is 6.01. The lowest BCUT2D eigenvalue weighted by molar-refractivity contribution is -0.122. The van der Waals surface area contributed by atoms with Crippen LogP contribution in [0.3, 0.4) is 0 Å². The van der Waals surface area contributed by atoms with Crippen LogP contribution in [0.15, 0.2) is 12.1 Å². The molecule has 1 amide bonds. The van der Waals surface area contributed by atoms with Crippen LogP contribution < -0.4 is 5.32 Å². The first-order chi connectivity index (χ1) is 7.70. The molecular weight excluding hydrogens is 226 g/mol. The average molecular weight is 239 g/mol. The highest BCUT2D eigenvalue weighted by atomic mass is 32.1. The van der Waals surface area contributed by atoms with Crippen LogP contribution in [0.4, 0.5) is 5.00 Å². The van der Waals surface area contributed by atoms with Crippen LogP contribution in [0.2, 0.25) is 0 Å². The topological polar surface area (TPSA) is 55.4 Å². The predicted molar refractivity (Wildman–Crippen MR) is 61.6 cm³/mol. The molecule has 0 atom stereocenters. The van der Waals surface area contributed by atoms with E-state index in [1.807, 2.05) is 0 Å². The molecule has 1 fully saturated rings. The van der Waals surface area contributed by atoms with Gasteiger partial charge in [-0.2, -0.15) is 0 Å². The molecule has 4 nitrogen and oxygen atoms in total. The van der Waals surface area contributed by atoms with Crippen LogP contribution in [0.1, 0.15) is 28.9 Å². The summed E-state index contributed by atoms with van der Waals surface area (Å²) in [5.74, 6) is -0.151. The molecule has 1 N–H and O–H groups in total. The number of hydrogen-bond acceptors (Lipinski definition) is 4. The van der Waals surface area contributed by atoms with Crippen molar-refractivity contribution in [2.45, 2.75) is 19.3 Å². The maximum atomic E-state index is 11.6. The van der Waals surface area contributed by atoms with Gasteiger partial charge in [0.2, 0.25) is 5.91 Å². The van der Waals surface area contributed by atoms with Gasteiger partial charge in [0.15, 0.2) is 0 Å². The van der Waals surface area contributed by atoms with Crippen LogP contribution in [0.5, 0.6) is 0 Å². The van der Waals surface area contributed by atoms with Crippen molar-refractivity contribution in [2.24, 2.45) is 5.92 Å². The Hall–Kier alpha value is -1.36. The second-order valence-corrected chi connectivity index (χ2v) is 4.86. The largest absolute Gasteiger partial charge is 0.465 e. The molecule has 1 saturated carbocycles. The second-order valence-electron chi connectivity index (χ2n) is 3.77. The minimum atomic E-state index is -0.367. The summed E-state index contributed by atoms with van der Waals surface area (Å²) < 4.78 is 4.59. The van der Waals surface area contributed by atoms with E-state index in [0.29, 0.717) is 9.88 Å². The van der Waals surface area contributed by atoms with Crippen LogP contribution in [-0.2, 0) is 9.53 Å². The highest BCUT2D eigenvalue weighted by molar-refractivity contribution is 7.18. The van der Waals surface area contributed by atoms with E-state index in [-0.39, 0.29) is 17.8 Å². The molecule has 16 heavy (non-hydrogen) atoms. The maximum Gasteiger partial charge on any atom is 0.348 e. The molecule has 1 aromatic heterocycles. The summed E-state index contributed by atoms with van der Waals surface area (Å²) in [7, 11) is 1.34. The summed E-state index contributed by atoms with van der Waals surface area (Å²) in [5, 5.41) is 3.52. The summed E-state index contributed by atoms with van der Waals surface area (Å²) in [6.07, 6.45) is 3.08. The molecule has 1 heterocycles. The van der Waals surface area contributed by atoms with E-state index in [0.717, 1.165) is 19.3 Å². The Kier molecular flexibility index (Phi) is 3.24. The number of nitrogens with one attached hydrogen (secondary N) is 1. The van der Waals surface area contributed by atoms with Gasteiger partial charge in [0, 0.05) is 5.92 Å². The lowest BCUT2D eigenvalue weighted by Gasteiger charge is -2.23. The molecule has 1 aliphatic carbocycles. The van der Waals surface area contributed by atoms with Crippen molar-refractivity contribution < 1.29 is 14.3 Å². The van der Waals surface area contributed by atoms with Crippen LogP contribution >= 0.6 is 11.3 Å². The van der Waals surface area contributed by atoms with Crippen molar-refractivity contribution in [3.05, 3.63) is 17.0 Å². The number of methoxy groups -OCH3 is 1. The van der Waals surface area contributed by atoms with E-state index in [1.165, 1.54) is 18.4 Å². The second kappa shape index (κ2) is 4.65. The van der Waals surface area contributed by atoms with Gasteiger partial charge in [0.1, 0.15) is 4.88 Å². The van der Waals surface area contributed by atoms with Crippen molar-refractivity contribution in [3.8, 4) is 0 Å². The van der Waals surface area contributed by atoms with Gasteiger partial charge in [-0.15, -0.1) is 11.3 Å². The summed E-state index contributed by atoms with van der Waals surface area (Å²) >= 11 is 1.24. The Labute approximate surface area is 97.6 Å². The van der Waals surface area contributed by atoms with E-state index in [2.05, 4.69) is 10.1 Å². The normalized spacial score (nSPS) is 15.3. The van der Waals surface area contributed by atoms with Crippen molar-refractivity contribution >= 4 is 28.2 Å². The van der Waals surface area contributed by atoms with Gasteiger partial charge >= 0.3 is 5.97 Å². The Balaban J connectivity index is 1.96. The Morgan fingerprint density at radius 3 is 2.75 bits per heavy atom. The number of hydrogen-bond donors (Lipinski definition) is 1. The van der Waals surface area contributed by atoms with Crippen molar-refractivity contribution in [1.82, 2.24) is 0 Å². The third-order valence-corrected chi connectivity index (χ3v) is 3.70. The molecule has 5 heteroatoms. The number of carbonyl (C=O) groups excluding carboxylic acids is 2. The van der Waals surface area contributed by atoms with E-state index < -0.39 is 0 Å². The lowest BCUT2D eigenvalue weighted by Crippen LogP contribution is -2.27. The highest BCUT2D eigenvalue weighted by Gasteiger charge is 2.25. The summed E-state index contributed by atoms with van der Waals surface area (Å²) in [5.41, 5.74) is 0. The summed E-state index contributed by atoms with van der Waals surface area (Å²) in [6, 6.07) is 3.39. The summed E-state index contributed by atoms with van der Waals surface area (Å²) in [4.78, 5) is 23.3. The smallest absolute Gasteiger partial charge is 0.348 e. The van der Waals surface area contributed by atoms with E-state index in [1.54, 1.807) is 12.1 Å². The highest BCUT2D eigenvalue weighted by Crippen LogP contribution is 2.29. The molecule has 86 valence electrons. The number of amides is 1. The predicted octanol–water partition coefficient (Wildman–Crippen LogP) is 2.27. The maximum absolute atomic E-state index is 11.6. The monoisotopic (exact) mass is 239 g/mol. The molecule has 0 saturated heterocycles. The zero-order valence-electron chi connectivity index (χ0n) is 8.99. The Bertz CT molecular complexity index is 409. The van der Waals surface area contributed by atoms with Crippen LogP contribution in [0.25, 0.3) is 0 Å². The minimum absolute atomic E-state index is 0.0597. The Morgan fingerprint density at radius 2 is 2.19 bits per heavy atom. The number of thiophene rings is 1. The first kappa shape index (κ1) is 11.1. The van der Waals surface area contributed by atoms with Gasteiger partial charge in [-0.3, -0.25) is 4.79 Å². The molecule has 1 aliphatic rings. The number of ether oxygens (including phenoxy) is 1. The zero-order valence-corrected chi connectivity index (χ0v) is 9.80. The molecule has 0 radical (unpaired) electrons. The van der Waals surface area contributed by atoms with Gasteiger partial charge in [-0.25, -0.2) is 4.79 Å². The van der Waals surface area contributed by atoms with Gasteiger partial charge in [-0.1, -0.05) is 6.42 Å². The SMILES string of the molecule is COC(=O)c1ccc(NC(=O)C2CCC2)s1. The van der Waals surface area contributed by atoms with Gasteiger partial charge in [0.05, 0.1) is 12.1 Å². The van der Waals surface area contributed by atoms with Crippen molar-refractivity contribution in [1.29, 1.82) is 0 Å². The Morgan fingerprint density at radius 1 is 1.44 bits per heavy atom. The fourth-order valence-corrected chi connectivity index (χ4v) is 2.34. The fraction of sp³-hybridized carbons (Fsp3) is 0.455. The van der Waals surface area contributed by atoms with Crippen LogP contribution in [-0.4, -0.2) is 19.0 Å². The third-order valence-electron chi connectivity index (χ3n) is 2.71. The molecule has 0 unspecified atom stereocenters. The van der Waals surface area contributed by atoms with Gasteiger partial charge in [-0.05, 0) is 25.0 Å². The van der Waals surface area contributed by atoms with Crippen LogP contribution in [0, 0.1) is 5.92 Å². The third kappa shape index (κ3) is 2.24. The average Bonchev–Trinajstić information content (AvgIpc) is 2.62. The van der Waals surface area contributed by atoms with E-state index in [9.17, 15) is 9.59 Å². The number of rotatable bonds is 3. The number of carbonyl (C=O) groups is 2. The molecule has 2 rings (SSSR count). The quantitative estimate of drug-likeness (QED) is 0.823. The molecular formula is C11H13NO3S. The number of esters is 1. The number of anilines is 1. The van der Waals surface area contributed by atoms with E-state index >= 15 is 0 Å². The first-order valence-electron chi connectivity index (χ1n) is 5.19. The molecule has 0 bridgehead atoms. The molecule has 0 spiro atoms. The van der Waals surface area contributed by atoms with Gasteiger partial charge in [0.25, 0.3) is 0 Å². The van der Waals surface area contributed by atoms with Gasteiger partial charge < -0.3 is 10.1 Å². The summed E-state index contributed by atoms with van der Waals surface area (Å²) in [6.45, 7) is 0.